The zero-order valence-electron chi connectivity index (χ0n) is 14.0. The molecule has 5 nitrogen and oxygen atoms in total. The Kier molecular flexibility index (Phi) is 5.95. The van der Waals surface area contributed by atoms with Crippen molar-refractivity contribution >= 4 is 49.4 Å². The molecule has 1 aromatic heterocycles. The van der Waals surface area contributed by atoms with Crippen LogP contribution in [-0.4, -0.2) is 30.2 Å². The summed E-state index contributed by atoms with van der Waals surface area (Å²) in [6.07, 6.45) is 1.70. The quantitative estimate of drug-likeness (QED) is 0.524. The van der Waals surface area contributed by atoms with Crippen LogP contribution in [0.2, 0.25) is 0 Å². The van der Waals surface area contributed by atoms with Crippen LogP contribution in [0.3, 0.4) is 0 Å². The van der Waals surface area contributed by atoms with Gasteiger partial charge in [0.15, 0.2) is 11.5 Å². The number of nitrogens with zero attached hydrogens (tertiary/aromatic N) is 3. The fourth-order valence-electron chi connectivity index (χ4n) is 2.33. The van der Waals surface area contributed by atoms with E-state index in [1.807, 2.05) is 29.6 Å². The van der Waals surface area contributed by atoms with E-state index in [0.29, 0.717) is 10.2 Å². The van der Waals surface area contributed by atoms with Crippen LogP contribution in [0, 0.1) is 0 Å². The normalized spacial score (nSPS) is 12.1. The van der Waals surface area contributed by atoms with Crippen LogP contribution in [-0.2, 0) is 0 Å². The Bertz CT molecular complexity index is 1020. The predicted molar refractivity (Wildman–Crippen MR) is 112 cm³/mol. The molecule has 8 heteroatoms. The van der Waals surface area contributed by atoms with Crippen molar-refractivity contribution in [2.75, 3.05) is 14.2 Å². The van der Waals surface area contributed by atoms with Gasteiger partial charge in [0.05, 0.1) is 23.5 Å². The molecule has 0 fully saturated rings. The van der Waals surface area contributed by atoms with Crippen molar-refractivity contribution < 1.29 is 9.84 Å². The number of halogens is 2. The fraction of sp³-hybridized carbons (Fsp3) is 0.111. The summed E-state index contributed by atoms with van der Waals surface area (Å²) in [6.45, 7) is 0. The molecule has 26 heavy (non-hydrogen) atoms. The van der Waals surface area contributed by atoms with E-state index in [4.69, 9.17) is 4.74 Å². The maximum Gasteiger partial charge on any atom is 0.205 e. The van der Waals surface area contributed by atoms with Gasteiger partial charge in [-0.2, -0.15) is 5.10 Å². The van der Waals surface area contributed by atoms with Gasteiger partial charge < -0.3 is 9.84 Å². The Balaban J connectivity index is 2.05. The van der Waals surface area contributed by atoms with Gasteiger partial charge in [0.2, 0.25) is 4.80 Å². The fourth-order valence-corrected chi connectivity index (χ4v) is 3.86. The van der Waals surface area contributed by atoms with Crippen LogP contribution in [0.5, 0.6) is 11.5 Å². The minimum Gasteiger partial charge on any atom is -0.503 e. The van der Waals surface area contributed by atoms with Gasteiger partial charge in [-0.15, -0.1) is 11.3 Å². The average Bonchev–Trinajstić information content (AvgIpc) is 3.06. The Morgan fingerprint density at radius 1 is 1.19 bits per heavy atom. The van der Waals surface area contributed by atoms with Crippen molar-refractivity contribution in [3.05, 3.63) is 61.1 Å². The molecule has 0 aliphatic heterocycles. The molecule has 1 N–H and O–H groups in total. The van der Waals surface area contributed by atoms with Gasteiger partial charge in [-0.3, -0.25) is 4.99 Å². The molecular formula is C18H15Br2N3O2S. The smallest absolute Gasteiger partial charge is 0.205 e. The molecule has 0 amide bonds. The van der Waals surface area contributed by atoms with E-state index in [2.05, 4.69) is 42.0 Å². The largest absolute Gasteiger partial charge is 0.503 e. The summed E-state index contributed by atoms with van der Waals surface area (Å²) in [5, 5.41) is 16.5. The highest BCUT2D eigenvalue weighted by molar-refractivity contribution is 9.10. The number of aromatic nitrogens is 1. The van der Waals surface area contributed by atoms with Gasteiger partial charge in [-0.25, -0.2) is 4.68 Å². The van der Waals surface area contributed by atoms with Gasteiger partial charge in [-0.05, 0) is 45.8 Å². The lowest BCUT2D eigenvalue weighted by atomic mass is 10.2. The van der Waals surface area contributed by atoms with Crippen molar-refractivity contribution in [3.63, 3.8) is 0 Å². The van der Waals surface area contributed by atoms with Crippen LogP contribution >= 0.6 is 43.2 Å². The number of thiazole rings is 1. The van der Waals surface area contributed by atoms with Gasteiger partial charge in [0, 0.05) is 22.5 Å². The Morgan fingerprint density at radius 3 is 2.58 bits per heavy atom. The molecule has 3 aromatic rings. The summed E-state index contributed by atoms with van der Waals surface area (Å²) < 4.78 is 8.54. The van der Waals surface area contributed by atoms with Crippen LogP contribution < -0.4 is 9.54 Å². The molecule has 0 aliphatic rings. The van der Waals surface area contributed by atoms with E-state index in [0.717, 1.165) is 26.1 Å². The van der Waals surface area contributed by atoms with Crippen molar-refractivity contribution in [1.29, 1.82) is 0 Å². The Morgan fingerprint density at radius 2 is 1.92 bits per heavy atom. The molecule has 1 heterocycles. The summed E-state index contributed by atoms with van der Waals surface area (Å²) >= 11 is 8.30. The van der Waals surface area contributed by atoms with Gasteiger partial charge in [0.25, 0.3) is 0 Å². The number of ether oxygens (including phenoxy) is 1. The molecule has 134 valence electrons. The van der Waals surface area contributed by atoms with Crippen LogP contribution in [0.1, 0.15) is 5.56 Å². The SMILES string of the molecule is CN=c1scc(-c2ccc(Br)cc2)n1N=Cc1cc(Br)c(O)c(OC)c1. The van der Waals surface area contributed by atoms with Crippen LogP contribution in [0.25, 0.3) is 11.3 Å². The Hall–Kier alpha value is -1.90. The van der Waals surface area contributed by atoms with Crippen molar-refractivity contribution in [2.45, 2.75) is 0 Å². The minimum absolute atomic E-state index is 0.0626. The average molecular weight is 497 g/mol. The molecule has 0 spiro atoms. The van der Waals surface area contributed by atoms with E-state index < -0.39 is 0 Å². The summed E-state index contributed by atoms with van der Waals surface area (Å²) in [5.41, 5.74) is 2.78. The highest BCUT2D eigenvalue weighted by atomic mass is 79.9. The zero-order valence-corrected chi connectivity index (χ0v) is 18.0. The number of phenols is 1. The molecule has 0 atom stereocenters. The third kappa shape index (κ3) is 3.92. The molecule has 0 aliphatic carbocycles. The van der Waals surface area contributed by atoms with E-state index in [1.54, 1.807) is 30.1 Å². The van der Waals surface area contributed by atoms with Gasteiger partial charge >= 0.3 is 0 Å². The first kappa shape index (κ1) is 18.9. The van der Waals surface area contributed by atoms with E-state index in [-0.39, 0.29) is 5.75 Å². The first-order valence-electron chi connectivity index (χ1n) is 7.53. The van der Waals surface area contributed by atoms with Crippen LogP contribution in [0.15, 0.2) is 60.8 Å². The number of methoxy groups -OCH3 is 1. The first-order chi connectivity index (χ1) is 12.5. The molecule has 0 saturated heterocycles. The maximum atomic E-state index is 9.93. The number of hydrogen-bond acceptors (Lipinski definition) is 5. The molecule has 0 bridgehead atoms. The number of phenolic OH excluding ortho intramolecular Hbond substituents is 1. The summed E-state index contributed by atoms with van der Waals surface area (Å²) in [4.78, 5) is 5.08. The molecule has 0 radical (unpaired) electrons. The number of hydrogen-bond donors (Lipinski definition) is 1. The number of benzene rings is 2. The van der Waals surface area contributed by atoms with E-state index in [9.17, 15) is 5.11 Å². The van der Waals surface area contributed by atoms with Crippen molar-refractivity contribution in [2.24, 2.45) is 10.1 Å². The van der Waals surface area contributed by atoms with Gasteiger partial charge in [-0.1, -0.05) is 28.1 Å². The molecule has 3 rings (SSSR count). The van der Waals surface area contributed by atoms with Crippen molar-refractivity contribution in [1.82, 2.24) is 4.68 Å². The summed E-state index contributed by atoms with van der Waals surface area (Å²) in [5.74, 6) is 0.442. The second-order valence-corrected chi connectivity index (χ2v) is 7.85. The predicted octanol–water partition coefficient (Wildman–Crippen LogP) is 4.87. The highest BCUT2D eigenvalue weighted by Crippen LogP contribution is 2.34. The number of aromatic hydroxyl groups is 1. The van der Waals surface area contributed by atoms with E-state index >= 15 is 0 Å². The molecule has 2 aromatic carbocycles. The minimum atomic E-state index is 0.0626. The third-order valence-corrected chi connectivity index (χ3v) is 5.65. The molecule has 0 saturated carbocycles. The zero-order chi connectivity index (χ0) is 18.7. The molecule has 0 unspecified atom stereocenters. The summed E-state index contributed by atoms with van der Waals surface area (Å²) in [6, 6.07) is 11.5. The standard InChI is InChI=1S/C18H15Br2N3O2S/c1-21-18-23(15(10-26-18)12-3-5-13(19)6-4-12)22-9-11-7-14(20)17(24)16(8-11)25-2/h3-10,24H,1-2H3. The Labute approximate surface area is 171 Å². The van der Waals surface area contributed by atoms with Gasteiger partial charge in [0.1, 0.15) is 0 Å². The summed E-state index contributed by atoms with van der Waals surface area (Å²) in [7, 11) is 3.25. The highest BCUT2D eigenvalue weighted by Gasteiger charge is 2.09. The topological polar surface area (TPSA) is 59.1 Å². The second kappa shape index (κ2) is 8.20. The first-order valence-corrected chi connectivity index (χ1v) is 10.00. The lowest BCUT2D eigenvalue weighted by Gasteiger charge is -2.07. The van der Waals surface area contributed by atoms with E-state index in [1.165, 1.54) is 18.4 Å². The third-order valence-electron chi connectivity index (χ3n) is 3.61. The number of rotatable bonds is 4. The maximum absolute atomic E-state index is 9.93. The monoisotopic (exact) mass is 495 g/mol. The lowest BCUT2D eigenvalue weighted by Crippen LogP contribution is -2.11. The second-order valence-electron chi connectivity index (χ2n) is 5.24. The molecular weight excluding hydrogens is 482 g/mol. The lowest BCUT2D eigenvalue weighted by molar-refractivity contribution is 0.372. The van der Waals surface area contributed by atoms with Crippen molar-refractivity contribution in [3.8, 4) is 22.8 Å². The van der Waals surface area contributed by atoms with Crippen LogP contribution in [0.4, 0.5) is 0 Å².